The van der Waals surface area contributed by atoms with Crippen molar-refractivity contribution in [1.29, 1.82) is 0 Å². The first kappa shape index (κ1) is 20.2. The van der Waals surface area contributed by atoms with Gasteiger partial charge in [-0.2, -0.15) is 0 Å². The molecule has 3 fully saturated rings. The predicted octanol–water partition coefficient (Wildman–Crippen LogP) is 4.22. The van der Waals surface area contributed by atoms with Gasteiger partial charge in [0.25, 0.3) is 0 Å². The van der Waals surface area contributed by atoms with Gasteiger partial charge in [-0.05, 0) is 49.4 Å². The highest BCUT2D eigenvalue weighted by molar-refractivity contribution is 6.14. The molecule has 7 rings (SSSR count). The molecule has 34 heavy (non-hydrogen) atoms. The number of ether oxygens (including phenoxy) is 1. The van der Waals surface area contributed by atoms with E-state index in [9.17, 15) is 0 Å². The van der Waals surface area contributed by atoms with Crippen molar-refractivity contribution in [2.75, 3.05) is 18.0 Å². The summed E-state index contributed by atoms with van der Waals surface area (Å²) < 4.78 is 6.21. The molecule has 3 aromatic rings. The smallest absolute Gasteiger partial charge is 0.132 e. The summed E-state index contributed by atoms with van der Waals surface area (Å²) in [4.78, 5) is 19.2. The van der Waals surface area contributed by atoms with Crippen LogP contribution in [0.25, 0.3) is 0 Å². The maximum atomic E-state index is 6.21. The van der Waals surface area contributed by atoms with Crippen LogP contribution in [0.2, 0.25) is 0 Å². The van der Waals surface area contributed by atoms with Crippen LogP contribution >= 0.6 is 0 Å². The van der Waals surface area contributed by atoms with E-state index >= 15 is 0 Å². The number of likely N-dealkylation sites (tertiary alicyclic amines) is 1. The summed E-state index contributed by atoms with van der Waals surface area (Å²) in [7, 11) is 0. The van der Waals surface area contributed by atoms with Gasteiger partial charge in [-0.15, -0.1) is 0 Å². The van der Waals surface area contributed by atoms with E-state index in [0.717, 1.165) is 61.0 Å². The molecule has 2 atom stereocenters. The largest absolute Gasteiger partial charge is 0.488 e. The molecule has 2 aromatic carbocycles. The molecular weight excluding hydrogens is 422 g/mol. The van der Waals surface area contributed by atoms with Gasteiger partial charge in [0, 0.05) is 43.3 Å². The van der Waals surface area contributed by atoms with Crippen LogP contribution in [0.4, 0.5) is 5.82 Å². The van der Waals surface area contributed by atoms with Gasteiger partial charge >= 0.3 is 0 Å². The van der Waals surface area contributed by atoms with Crippen molar-refractivity contribution in [2.45, 2.75) is 57.0 Å². The molecule has 0 spiro atoms. The normalized spacial score (nSPS) is 24.3. The number of anilines is 1. The molecule has 2 saturated heterocycles. The average Bonchev–Trinajstić information content (AvgIpc) is 3.21. The van der Waals surface area contributed by atoms with Crippen LogP contribution in [0, 0.1) is 0 Å². The lowest BCUT2D eigenvalue weighted by Gasteiger charge is -2.35. The SMILES string of the molecule is CC1(Oc2ccc3c(c2)C(c2cc(N4C[C@@H]5C[C@H]4CN5Cc4ccccc4)ncn2)=NC3)CC1. The van der Waals surface area contributed by atoms with Gasteiger partial charge < -0.3 is 9.64 Å². The van der Waals surface area contributed by atoms with Gasteiger partial charge in [0.1, 0.15) is 23.5 Å². The number of hydrogen-bond acceptors (Lipinski definition) is 6. The molecule has 0 N–H and O–H groups in total. The minimum Gasteiger partial charge on any atom is -0.488 e. The lowest BCUT2D eigenvalue weighted by atomic mass is 10.0. The van der Waals surface area contributed by atoms with Crippen LogP contribution < -0.4 is 9.64 Å². The number of fused-ring (bicyclic) bond motifs is 3. The molecule has 0 unspecified atom stereocenters. The number of benzene rings is 2. The highest BCUT2D eigenvalue weighted by atomic mass is 16.5. The third-order valence-corrected chi connectivity index (χ3v) is 7.83. The number of hydrogen-bond donors (Lipinski definition) is 0. The van der Waals surface area contributed by atoms with Crippen molar-refractivity contribution in [2.24, 2.45) is 4.99 Å². The first-order chi connectivity index (χ1) is 16.6. The van der Waals surface area contributed by atoms with Gasteiger partial charge in [-0.1, -0.05) is 36.4 Å². The lowest BCUT2D eigenvalue weighted by molar-refractivity contribution is 0.200. The molecule has 0 amide bonds. The summed E-state index contributed by atoms with van der Waals surface area (Å²) in [6.45, 7) is 6.01. The van der Waals surface area contributed by atoms with Gasteiger partial charge in [0.2, 0.25) is 0 Å². The highest BCUT2D eigenvalue weighted by Crippen LogP contribution is 2.40. The van der Waals surface area contributed by atoms with Gasteiger partial charge in [0.05, 0.1) is 18.0 Å². The van der Waals surface area contributed by atoms with Crippen LogP contribution in [-0.4, -0.2) is 51.4 Å². The summed E-state index contributed by atoms with van der Waals surface area (Å²) in [5.74, 6) is 1.95. The van der Waals surface area contributed by atoms with E-state index in [1.165, 1.54) is 17.5 Å². The second-order valence-corrected chi connectivity index (χ2v) is 10.4. The van der Waals surface area contributed by atoms with Gasteiger partial charge in [-0.25, -0.2) is 9.97 Å². The monoisotopic (exact) mass is 451 g/mol. The minimum atomic E-state index is 0.00962. The summed E-state index contributed by atoms with van der Waals surface area (Å²) in [6.07, 6.45) is 5.15. The predicted molar refractivity (Wildman–Crippen MR) is 132 cm³/mol. The molecule has 1 aliphatic carbocycles. The standard InChI is InChI=1S/C28H29N5O/c1-28(9-10-28)34-23-8-7-20-14-29-27(24(20)12-23)25-13-26(31-18-30-25)33-17-21-11-22(33)16-32(21)15-19-5-3-2-4-6-19/h2-8,12-13,18,21-22H,9-11,14-17H2,1H3/t21-,22-/m0/s1. The molecule has 6 nitrogen and oxygen atoms in total. The first-order valence-electron chi connectivity index (χ1n) is 12.4. The fourth-order valence-corrected chi connectivity index (χ4v) is 5.68. The number of nitrogens with zero attached hydrogens (tertiary/aromatic N) is 5. The zero-order chi connectivity index (χ0) is 22.7. The van der Waals surface area contributed by atoms with Gasteiger partial charge in [0.15, 0.2) is 0 Å². The molecule has 6 heteroatoms. The third-order valence-electron chi connectivity index (χ3n) is 7.83. The lowest BCUT2D eigenvalue weighted by Crippen LogP contribution is -2.46. The van der Waals surface area contributed by atoms with Crippen LogP contribution in [0.15, 0.2) is 65.9 Å². The Hall–Kier alpha value is -3.25. The number of aliphatic imine (C=N–C) groups is 1. The summed E-state index contributed by atoms with van der Waals surface area (Å²) in [5.41, 5.74) is 5.64. The van der Waals surface area contributed by atoms with E-state index in [0.29, 0.717) is 18.6 Å². The van der Waals surface area contributed by atoms with Crippen molar-refractivity contribution >= 4 is 11.5 Å². The molecule has 1 aromatic heterocycles. The molecular formula is C28H29N5O. The fraction of sp³-hybridized carbons (Fsp3) is 0.393. The average molecular weight is 452 g/mol. The Balaban J connectivity index is 1.09. The molecule has 1 saturated carbocycles. The van der Waals surface area contributed by atoms with Crippen LogP contribution in [0.3, 0.4) is 0 Å². The quantitative estimate of drug-likeness (QED) is 0.562. The summed E-state index contributed by atoms with van der Waals surface area (Å²) in [6, 6.07) is 20.4. The Kier molecular flexibility index (Phi) is 4.53. The third kappa shape index (κ3) is 3.57. The Morgan fingerprint density at radius 1 is 1.00 bits per heavy atom. The van der Waals surface area contributed by atoms with Crippen molar-refractivity contribution in [3.8, 4) is 5.75 Å². The Morgan fingerprint density at radius 3 is 2.68 bits per heavy atom. The van der Waals surface area contributed by atoms with E-state index < -0.39 is 0 Å². The maximum Gasteiger partial charge on any atom is 0.132 e. The molecule has 2 bridgehead atoms. The molecule has 4 aliphatic rings. The number of rotatable bonds is 6. The second kappa shape index (κ2) is 7.64. The van der Waals surface area contributed by atoms with E-state index in [4.69, 9.17) is 9.73 Å². The fourth-order valence-electron chi connectivity index (χ4n) is 5.68. The van der Waals surface area contributed by atoms with Crippen molar-refractivity contribution in [3.05, 3.63) is 83.3 Å². The van der Waals surface area contributed by atoms with E-state index in [-0.39, 0.29) is 5.60 Å². The minimum absolute atomic E-state index is 0.00962. The van der Waals surface area contributed by atoms with E-state index in [2.05, 4.69) is 81.3 Å². The van der Waals surface area contributed by atoms with Crippen LogP contribution in [-0.2, 0) is 13.1 Å². The summed E-state index contributed by atoms with van der Waals surface area (Å²) in [5, 5.41) is 0. The Labute approximate surface area is 200 Å². The topological polar surface area (TPSA) is 53.9 Å². The van der Waals surface area contributed by atoms with Crippen molar-refractivity contribution in [3.63, 3.8) is 0 Å². The maximum absolute atomic E-state index is 6.21. The van der Waals surface area contributed by atoms with Crippen molar-refractivity contribution in [1.82, 2.24) is 14.9 Å². The van der Waals surface area contributed by atoms with E-state index in [1.807, 2.05) is 0 Å². The van der Waals surface area contributed by atoms with Crippen molar-refractivity contribution < 1.29 is 4.74 Å². The number of aromatic nitrogens is 2. The zero-order valence-corrected chi connectivity index (χ0v) is 19.5. The second-order valence-electron chi connectivity index (χ2n) is 10.4. The molecule has 3 aliphatic heterocycles. The van der Waals surface area contributed by atoms with Crippen LogP contribution in [0.1, 0.15) is 48.6 Å². The van der Waals surface area contributed by atoms with E-state index in [1.54, 1.807) is 6.33 Å². The zero-order valence-electron chi connectivity index (χ0n) is 19.5. The van der Waals surface area contributed by atoms with Gasteiger partial charge in [-0.3, -0.25) is 9.89 Å². The van der Waals surface area contributed by atoms with Crippen LogP contribution in [0.5, 0.6) is 5.75 Å². The molecule has 0 radical (unpaired) electrons. The molecule has 4 heterocycles. The molecule has 172 valence electrons. The number of piperazine rings is 1. The summed E-state index contributed by atoms with van der Waals surface area (Å²) >= 11 is 0. The Morgan fingerprint density at radius 2 is 1.88 bits per heavy atom. The highest BCUT2D eigenvalue weighted by Gasteiger charge is 2.44. The Bertz CT molecular complexity index is 1270. The first-order valence-corrected chi connectivity index (χ1v) is 12.4.